The van der Waals surface area contributed by atoms with E-state index in [1.807, 2.05) is 0 Å². The molecule has 11 heteroatoms. The van der Waals surface area contributed by atoms with Gasteiger partial charge in [0.05, 0.1) is 16.5 Å². The summed E-state index contributed by atoms with van der Waals surface area (Å²) in [4.78, 5) is 41.5. The number of Topliss-reactive ketones (excluding diaryl/α,β-unsaturated/α-hetero) is 1. The maximum Gasteiger partial charge on any atom is 0.301 e. The van der Waals surface area contributed by atoms with E-state index in [9.17, 15) is 24.8 Å². The fourth-order valence-corrected chi connectivity index (χ4v) is 3.92. The molecule has 30 heavy (non-hydrogen) atoms. The Balaban J connectivity index is 1.97. The van der Waals surface area contributed by atoms with Gasteiger partial charge >= 0.3 is 5.91 Å². The standard InChI is InChI=1S/C19H13N5O5S/c1-10-21-22-19(30-10)23-15(12-3-2-4-13(9-12)24(28)29)14(17(26)18(23)27)16(25)11-5-7-20-8-6-11/h2-9,15,25H,1H3. The third-order valence-corrected chi connectivity index (χ3v) is 5.35. The average Bonchev–Trinajstić information content (AvgIpc) is 3.29. The summed E-state index contributed by atoms with van der Waals surface area (Å²) in [7, 11) is 0. The molecule has 0 radical (unpaired) electrons. The minimum Gasteiger partial charge on any atom is -0.507 e. The molecule has 1 fully saturated rings. The monoisotopic (exact) mass is 423 g/mol. The van der Waals surface area contributed by atoms with Gasteiger partial charge in [-0.1, -0.05) is 23.5 Å². The number of pyridine rings is 1. The number of benzene rings is 1. The lowest BCUT2D eigenvalue weighted by atomic mass is 9.95. The summed E-state index contributed by atoms with van der Waals surface area (Å²) in [5.41, 5.74) is 0.161. The average molecular weight is 423 g/mol. The van der Waals surface area contributed by atoms with Gasteiger partial charge in [0.1, 0.15) is 10.8 Å². The fourth-order valence-electron chi connectivity index (χ4n) is 3.20. The molecule has 2 aromatic heterocycles. The summed E-state index contributed by atoms with van der Waals surface area (Å²) in [6.07, 6.45) is 2.86. The van der Waals surface area contributed by atoms with E-state index in [1.54, 1.807) is 13.0 Å². The molecule has 0 saturated carbocycles. The van der Waals surface area contributed by atoms with Crippen LogP contribution in [0, 0.1) is 17.0 Å². The molecule has 0 spiro atoms. The van der Waals surface area contributed by atoms with E-state index in [0.29, 0.717) is 5.01 Å². The second kappa shape index (κ2) is 7.44. The lowest BCUT2D eigenvalue weighted by molar-refractivity contribution is -0.384. The van der Waals surface area contributed by atoms with Crippen LogP contribution in [0.3, 0.4) is 0 Å². The number of carbonyl (C=O) groups is 2. The largest absolute Gasteiger partial charge is 0.507 e. The highest BCUT2D eigenvalue weighted by Crippen LogP contribution is 2.43. The van der Waals surface area contributed by atoms with E-state index in [-0.39, 0.29) is 27.5 Å². The first-order chi connectivity index (χ1) is 14.4. The van der Waals surface area contributed by atoms with E-state index in [4.69, 9.17) is 0 Å². The molecule has 0 aliphatic carbocycles. The number of non-ortho nitro benzene ring substituents is 1. The highest BCUT2D eigenvalue weighted by molar-refractivity contribution is 7.15. The Morgan fingerprint density at radius 3 is 2.57 bits per heavy atom. The predicted molar refractivity (Wildman–Crippen MR) is 107 cm³/mol. The van der Waals surface area contributed by atoms with Gasteiger partial charge in [0.25, 0.3) is 11.5 Å². The summed E-state index contributed by atoms with van der Waals surface area (Å²) >= 11 is 1.09. The second-order valence-electron chi connectivity index (χ2n) is 6.36. The number of ketones is 1. The zero-order chi connectivity index (χ0) is 21.4. The van der Waals surface area contributed by atoms with Crippen LogP contribution in [-0.4, -0.2) is 36.9 Å². The minimum atomic E-state index is -1.11. The van der Waals surface area contributed by atoms with Crippen molar-refractivity contribution >= 4 is 39.6 Å². The van der Waals surface area contributed by atoms with Gasteiger partial charge in [0, 0.05) is 30.1 Å². The van der Waals surface area contributed by atoms with Crippen LogP contribution < -0.4 is 4.90 Å². The molecule has 1 atom stereocenters. The fraction of sp³-hybridized carbons (Fsp3) is 0.105. The Bertz CT molecular complexity index is 1210. The van der Waals surface area contributed by atoms with Crippen molar-refractivity contribution in [2.75, 3.05) is 4.90 Å². The molecule has 1 saturated heterocycles. The first-order valence-corrected chi connectivity index (χ1v) is 9.46. The molecular formula is C19H13N5O5S. The van der Waals surface area contributed by atoms with E-state index >= 15 is 0 Å². The normalized spacial score (nSPS) is 18.0. The highest BCUT2D eigenvalue weighted by atomic mass is 32.1. The topological polar surface area (TPSA) is 139 Å². The van der Waals surface area contributed by atoms with Crippen molar-refractivity contribution in [1.29, 1.82) is 0 Å². The number of nitrogens with zero attached hydrogens (tertiary/aromatic N) is 5. The third kappa shape index (κ3) is 3.20. The molecule has 1 unspecified atom stereocenters. The van der Waals surface area contributed by atoms with E-state index in [0.717, 1.165) is 16.2 Å². The SMILES string of the molecule is Cc1nnc(N2C(=O)C(=O)C(=C(O)c3ccncc3)C2c2cccc([N+](=O)[O-])c2)s1. The molecule has 3 heterocycles. The van der Waals surface area contributed by atoms with Gasteiger partial charge in [-0.3, -0.25) is 29.6 Å². The van der Waals surface area contributed by atoms with Crippen molar-refractivity contribution in [2.45, 2.75) is 13.0 Å². The molecule has 1 amide bonds. The lowest BCUT2D eigenvalue weighted by Gasteiger charge is -2.22. The number of nitro groups is 1. The number of anilines is 1. The summed E-state index contributed by atoms with van der Waals surface area (Å²) in [6, 6.07) is 7.43. The molecule has 3 aromatic rings. The highest BCUT2D eigenvalue weighted by Gasteiger charge is 2.48. The Labute approximate surface area is 173 Å². The zero-order valence-electron chi connectivity index (χ0n) is 15.4. The van der Waals surface area contributed by atoms with Crippen LogP contribution in [-0.2, 0) is 9.59 Å². The van der Waals surface area contributed by atoms with Crippen molar-refractivity contribution in [1.82, 2.24) is 15.2 Å². The van der Waals surface area contributed by atoms with Gasteiger partial charge in [-0.15, -0.1) is 10.2 Å². The summed E-state index contributed by atoms with van der Waals surface area (Å²) < 4.78 is 0. The van der Waals surface area contributed by atoms with Crippen LogP contribution in [0.25, 0.3) is 5.76 Å². The molecule has 0 bridgehead atoms. The van der Waals surface area contributed by atoms with Gasteiger partial charge < -0.3 is 5.11 Å². The van der Waals surface area contributed by atoms with Gasteiger partial charge in [0.15, 0.2) is 0 Å². The van der Waals surface area contributed by atoms with Crippen LogP contribution in [0.4, 0.5) is 10.8 Å². The Hall–Kier alpha value is -3.99. The van der Waals surface area contributed by atoms with Gasteiger partial charge in [0.2, 0.25) is 5.13 Å². The number of hydrogen-bond acceptors (Lipinski definition) is 9. The molecule has 150 valence electrons. The zero-order valence-corrected chi connectivity index (χ0v) is 16.2. The number of carbonyl (C=O) groups excluding carboxylic acids is 2. The van der Waals surface area contributed by atoms with Crippen LogP contribution in [0.5, 0.6) is 0 Å². The molecule has 4 rings (SSSR count). The molecule has 10 nitrogen and oxygen atoms in total. The van der Waals surface area contributed by atoms with Crippen LogP contribution in [0.1, 0.15) is 22.2 Å². The van der Waals surface area contributed by atoms with Crippen LogP contribution in [0.2, 0.25) is 0 Å². The summed E-state index contributed by atoms with van der Waals surface area (Å²) in [5, 5.41) is 30.7. The van der Waals surface area contributed by atoms with Crippen molar-refractivity contribution < 1.29 is 19.6 Å². The van der Waals surface area contributed by atoms with E-state index in [2.05, 4.69) is 15.2 Å². The number of aliphatic hydroxyl groups is 1. The Morgan fingerprint density at radius 2 is 1.93 bits per heavy atom. The van der Waals surface area contributed by atoms with Crippen molar-refractivity contribution in [3.05, 3.63) is 80.6 Å². The molecular weight excluding hydrogens is 410 g/mol. The Morgan fingerprint density at radius 1 is 1.20 bits per heavy atom. The maximum absolute atomic E-state index is 12.9. The Kier molecular flexibility index (Phi) is 4.80. The second-order valence-corrected chi connectivity index (χ2v) is 7.52. The number of amides is 1. The first-order valence-electron chi connectivity index (χ1n) is 8.64. The number of aromatic nitrogens is 3. The van der Waals surface area contributed by atoms with E-state index < -0.39 is 28.4 Å². The number of hydrogen-bond donors (Lipinski definition) is 1. The molecule has 1 N–H and O–H groups in total. The number of rotatable bonds is 4. The van der Waals surface area contributed by atoms with Crippen LogP contribution in [0.15, 0.2) is 54.4 Å². The summed E-state index contributed by atoms with van der Waals surface area (Å²) in [6.45, 7) is 1.69. The molecule has 1 aliphatic rings. The van der Waals surface area contributed by atoms with E-state index in [1.165, 1.54) is 42.7 Å². The number of nitro benzene ring substituents is 1. The maximum atomic E-state index is 12.9. The molecule has 1 aromatic carbocycles. The summed E-state index contributed by atoms with van der Waals surface area (Å²) in [5.74, 6) is -2.23. The number of aliphatic hydroxyl groups excluding tert-OH is 1. The molecule has 1 aliphatic heterocycles. The predicted octanol–water partition coefficient (Wildman–Crippen LogP) is 2.78. The minimum absolute atomic E-state index is 0.153. The third-order valence-electron chi connectivity index (χ3n) is 4.52. The smallest absolute Gasteiger partial charge is 0.301 e. The van der Waals surface area contributed by atoms with Crippen LogP contribution >= 0.6 is 11.3 Å². The van der Waals surface area contributed by atoms with Gasteiger partial charge in [-0.2, -0.15) is 0 Å². The van der Waals surface area contributed by atoms with Crippen molar-refractivity contribution in [3.63, 3.8) is 0 Å². The quantitative estimate of drug-likeness (QED) is 0.222. The first kappa shape index (κ1) is 19.3. The van der Waals surface area contributed by atoms with Gasteiger partial charge in [-0.05, 0) is 24.6 Å². The van der Waals surface area contributed by atoms with Crippen molar-refractivity contribution in [2.24, 2.45) is 0 Å². The van der Waals surface area contributed by atoms with Crippen molar-refractivity contribution in [3.8, 4) is 0 Å². The number of aryl methyl sites for hydroxylation is 1. The lowest BCUT2D eigenvalue weighted by Crippen LogP contribution is -2.29. The van der Waals surface area contributed by atoms with Gasteiger partial charge in [-0.25, -0.2) is 0 Å².